The van der Waals surface area contributed by atoms with E-state index in [0.717, 1.165) is 11.3 Å². The first kappa shape index (κ1) is 15.3. The Kier molecular flexibility index (Phi) is 5.14. The second-order valence-electron chi connectivity index (χ2n) is 4.36. The Hall–Kier alpha value is -2.11. The zero-order valence-electron chi connectivity index (χ0n) is 11.3. The predicted molar refractivity (Wildman–Crippen MR) is 89.5 cm³/mol. The molecule has 3 N–H and O–H groups in total. The highest BCUT2D eigenvalue weighted by Crippen LogP contribution is 2.16. The minimum absolute atomic E-state index is 0.181. The van der Waals surface area contributed by atoms with Gasteiger partial charge in [-0.15, -0.1) is 0 Å². The van der Waals surface area contributed by atoms with E-state index in [1.165, 1.54) is 0 Å². The maximum absolute atomic E-state index is 12.0. The van der Waals surface area contributed by atoms with E-state index in [0.29, 0.717) is 10.6 Å². The predicted octanol–water partition coefficient (Wildman–Crippen LogP) is 3.28. The number of benzene rings is 2. The van der Waals surface area contributed by atoms with Gasteiger partial charge in [-0.05, 0) is 49.0 Å². The minimum atomic E-state index is -0.315. The van der Waals surface area contributed by atoms with Gasteiger partial charge in [0.05, 0.1) is 5.69 Å². The van der Waals surface area contributed by atoms with Crippen molar-refractivity contribution in [1.29, 1.82) is 0 Å². The summed E-state index contributed by atoms with van der Waals surface area (Å²) in [7, 11) is 0. The molecule has 1 amide bonds. The molecule has 0 aromatic heterocycles. The molecule has 6 heteroatoms. The van der Waals surface area contributed by atoms with Gasteiger partial charge in [0.15, 0.2) is 5.11 Å². The molecule has 0 spiro atoms. The van der Waals surface area contributed by atoms with Gasteiger partial charge >= 0.3 is 0 Å². The topological polar surface area (TPSA) is 53.2 Å². The fourth-order valence-corrected chi connectivity index (χ4v) is 1.92. The number of para-hydroxylation sites is 1. The van der Waals surface area contributed by atoms with Crippen LogP contribution in [0.1, 0.15) is 15.9 Å². The van der Waals surface area contributed by atoms with Crippen LogP contribution < -0.4 is 16.2 Å². The molecular weight excluding hydrogens is 306 g/mol. The van der Waals surface area contributed by atoms with E-state index >= 15 is 0 Å². The van der Waals surface area contributed by atoms with Crippen LogP contribution in [0.5, 0.6) is 0 Å². The van der Waals surface area contributed by atoms with E-state index in [2.05, 4.69) is 16.2 Å². The van der Waals surface area contributed by atoms with Crippen molar-refractivity contribution in [2.24, 2.45) is 0 Å². The number of amides is 1. The van der Waals surface area contributed by atoms with Crippen LogP contribution in [0.3, 0.4) is 0 Å². The number of rotatable bonds is 3. The van der Waals surface area contributed by atoms with Crippen molar-refractivity contribution >= 4 is 40.5 Å². The number of hydrogen-bond acceptors (Lipinski definition) is 3. The molecule has 0 aliphatic carbocycles. The number of nitrogens with one attached hydrogen (secondary N) is 3. The van der Waals surface area contributed by atoms with E-state index in [-0.39, 0.29) is 11.0 Å². The van der Waals surface area contributed by atoms with Gasteiger partial charge in [0.2, 0.25) is 0 Å². The zero-order chi connectivity index (χ0) is 15.2. The Labute approximate surface area is 133 Å². The Morgan fingerprint density at radius 3 is 2.52 bits per heavy atom. The van der Waals surface area contributed by atoms with Crippen LogP contribution in [0.15, 0.2) is 48.5 Å². The summed E-state index contributed by atoms with van der Waals surface area (Å²) in [6.07, 6.45) is 0. The van der Waals surface area contributed by atoms with Gasteiger partial charge in [-0.25, -0.2) is 0 Å². The first-order chi connectivity index (χ1) is 10.1. The van der Waals surface area contributed by atoms with E-state index in [1.807, 2.05) is 37.3 Å². The normalized spacial score (nSPS) is 9.81. The lowest BCUT2D eigenvalue weighted by Crippen LogP contribution is -2.41. The van der Waals surface area contributed by atoms with E-state index in [9.17, 15) is 4.79 Å². The lowest BCUT2D eigenvalue weighted by atomic mass is 10.1. The summed E-state index contributed by atoms with van der Waals surface area (Å²) in [6.45, 7) is 1.87. The molecule has 0 saturated carbocycles. The molecule has 21 heavy (non-hydrogen) atoms. The van der Waals surface area contributed by atoms with Crippen LogP contribution in [-0.4, -0.2) is 11.0 Å². The number of thiocarbonyl (C=S) groups is 1. The third-order valence-electron chi connectivity index (χ3n) is 2.76. The number of halogens is 1. The first-order valence-electron chi connectivity index (χ1n) is 6.25. The highest BCUT2D eigenvalue weighted by atomic mass is 35.5. The Morgan fingerprint density at radius 2 is 1.86 bits per heavy atom. The quantitative estimate of drug-likeness (QED) is 0.600. The molecular formula is C15H14ClN3OS. The fourth-order valence-electron chi connectivity index (χ4n) is 1.59. The maximum atomic E-state index is 12.0. The molecule has 0 fully saturated rings. The van der Waals surface area contributed by atoms with Crippen molar-refractivity contribution in [2.75, 3.05) is 5.43 Å². The van der Waals surface area contributed by atoms with Crippen molar-refractivity contribution < 1.29 is 4.79 Å². The van der Waals surface area contributed by atoms with Gasteiger partial charge in [-0.1, -0.05) is 35.9 Å². The average molecular weight is 320 g/mol. The van der Waals surface area contributed by atoms with Crippen LogP contribution in [0, 0.1) is 6.92 Å². The van der Waals surface area contributed by atoms with E-state index in [4.69, 9.17) is 23.8 Å². The molecule has 2 rings (SSSR count). The molecule has 2 aromatic rings. The van der Waals surface area contributed by atoms with Crippen LogP contribution >= 0.6 is 23.8 Å². The summed E-state index contributed by atoms with van der Waals surface area (Å²) >= 11 is 11.0. The SMILES string of the molecule is Cc1ccc(C(=O)NC(=S)NNc2ccccc2)cc1Cl. The second-order valence-corrected chi connectivity index (χ2v) is 5.18. The molecule has 0 unspecified atom stereocenters. The minimum Gasteiger partial charge on any atom is -0.299 e. The molecule has 0 aliphatic heterocycles. The third kappa shape index (κ3) is 4.44. The van der Waals surface area contributed by atoms with Crippen molar-refractivity contribution in [3.05, 3.63) is 64.7 Å². The van der Waals surface area contributed by atoms with Crippen molar-refractivity contribution in [1.82, 2.24) is 10.7 Å². The third-order valence-corrected chi connectivity index (χ3v) is 3.37. The highest BCUT2D eigenvalue weighted by molar-refractivity contribution is 7.80. The first-order valence-corrected chi connectivity index (χ1v) is 7.03. The van der Waals surface area contributed by atoms with Crippen molar-refractivity contribution in [2.45, 2.75) is 6.92 Å². The van der Waals surface area contributed by atoms with Gasteiger partial charge in [0.25, 0.3) is 5.91 Å². The summed E-state index contributed by atoms with van der Waals surface area (Å²) in [5.74, 6) is -0.315. The monoisotopic (exact) mass is 319 g/mol. The van der Waals surface area contributed by atoms with Crippen molar-refractivity contribution in [3.63, 3.8) is 0 Å². The van der Waals surface area contributed by atoms with Gasteiger partial charge < -0.3 is 0 Å². The lowest BCUT2D eigenvalue weighted by molar-refractivity contribution is 0.0977. The van der Waals surface area contributed by atoms with Gasteiger partial charge in [-0.3, -0.25) is 21.0 Å². The number of carbonyl (C=O) groups excluding carboxylic acids is 1. The Balaban J connectivity index is 1.90. The molecule has 0 heterocycles. The van der Waals surface area contributed by atoms with E-state index in [1.54, 1.807) is 18.2 Å². The molecule has 4 nitrogen and oxygen atoms in total. The Bertz CT molecular complexity index is 661. The number of anilines is 1. The average Bonchev–Trinajstić information content (AvgIpc) is 2.49. The standard InChI is InChI=1S/C15H14ClN3OS/c1-10-7-8-11(9-13(10)16)14(20)17-15(21)19-18-12-5-3-2-4-6-12/h2-9,18H,1H3,(H2,17,19,20,21). The van der Waals surface area contributed by atoms with Crippen LogP contribution in [-0.2, 0) is 0 Å². The molecule has 108 valence electrons. The number of carbonyl (C=O) groups is 1. The summed E-state index contributed by atoms with van der Waals surface area (Å²) < 4.78 is 0. The highest BCUT2D eigenvalue weighted by Gasteiger charge is 2.09. The fraction of sp³-hybridized carbons (Fsp3) is 0.0667. The molecule has 0 bridgehead atoms. The zero-order valence-corrected chi connectivity index (χ0v) is 12.9. The van der Waals surface area contributed by atoms with Crippen LogP contribution in [0.25, 0.3) is 0 Å². The van der Waals surface area contributed by atoms with Gasteiger partial charge in [0.1, 0.15) is 0 Å². The second kappa shape index (κ2) is 7.06. The number of hydrazine groups is 1. The molecule has 0 saturated heterocycles. The van der Waals surface area contributed by atoms with Crippen LogP contribution in [0.4, 0.5) is 5.69 Å². The molecule has 0 aliphatic rings. The van der Waals surface area contributed by atoms with Gasteiger partial charge in [0, 0.05) is 10.6 Å². The smallest absolute Gasteiger partial charge is 0.257 e. The summed E-state index contributed by atoms with van der Waals surface area (Å²) in [6, 6.07) is 14.5. The van der Waals surface area contributed by atoms with Crippen LogP contribution in [0.2, 0.25) is 5.02 Å². The summed E-state index contributed by atoms with van der Waals surface area (Å²) in [4.78, 5) is 12.0. The Morgan fingerprint density at radius 1 is 1.14 bits per heavy atom. The largest absolute Gasteiger partial charge is 0.299 e. The molecule has 0 atom stereocenters. The maximum Gasteiger partial charge on any atom is 0.257 e. The molecule has 2 aromatic carbocycles. The van der Waals surface area contributed by atoms with Gasteiger partial charge in [-0.2, -0.15) is 0 Å². The summed E-state index contributed by atoms with van der Waals surface area (Å²) in [5, 5.41) is 3.30. The van der Waals surface area contributed by atoms with Crippen molar-refractivity contribution in [3.8, 4) is 0 Å². The van der Waals surface area contributed by atoms with E-state index < -0.39 is 0 Å². The number of hydrogen-bond donors (Lipinski definition) is 3. The summed E-state index contributed by atoms with van der Waals surface area (Å²) in [5.41, 5.74) is 7.84. The number of aryl methyl sites for hydroxylation is 1. The molecule has 0 radical (unpaired) electrons. The lowest BCUT2D eigenvalue weighted by Gasteiger charge is -2.12.